The van der Waals surface area contributed by atoms with Crippen molar-refractivity contribution in [2.75, 3.05) is 25.0 Å². The monoisotopic (exact) mass is 469 g/mol. The van der Waals surface area contributed by atoms with Gasteiger partial charge in [-0.05, 0) is 42.2 Å². The quantitative estimate of drug-likeness (QED) is 0.384. The van der Waals surface area contributed by atoms with Gasteiger partial charge in [0.2, 0.25) is 5.95 Å². The summed E-state index contributed by atoms with van der Waals surface area (Å²) in [4.78, 5) is 24.1. The van der Waals surface area contributed by atoms with Crippen LogP contribution in [-0.4, -0.2) is 46.5 Å². The summed E-state index contributed by atoms with van der Waals surface area (Å²) in [7, 11) is 0. The van der Waals surface area contributed by atoms with E-state index in [1.807, 2.05) is 66.7 Å². The molecule has 1 fully saturated rings. The lowest BCUT2D eigenvalue weighted by Gasteiger charge is -2.32. The molecule has 2 N–H and O–H groups in total. The van der Waals surface area contributed by atoms with Gasteiger partial charge in [0.1, 0.15) is 0 Å². The average Bonchev–Trinajstić information content (AvgIpc) is 2.90. The molecule has 35 heavy (non-hydrogen) atoms. The Hall–Kier alpha value is -4.03. The van der Waals surface area contributed by atoms with E-state index in [0.717, 1.165) is 54.9 Å². The van der Waals surface area contributed by atoms with Crippen LogP contribution in [0.3, 0.4) is 0 Å². The molecule has 0 atom stereocenters. The summed E-state index contributed by atoms with van der Waals surface area (Å²) in [5.41, 5.74) is 4.56. The number of hydrogen-bond acceptors (Lipinski definition) is 5. The minimum atomic E-state index is -0.0641. The first kappa shape index (κ1) is 24.1. The highest BCUT2D eigenvalue weighted by Crippen LogP contribution is 2.20. The van der Waals surface area contributed by atoms with Crippen molar-refractivity contribution in [1.29, 1.82) is 0 Å². The molecule has 1 aliphatic heterocycles. The third-order valence-electron chi connectivity index (χ3n) is 6.06. The van der Waals surface area contributed by atoms with Gasteiger partial charge >= 0.3 is 0 Å². The number of rotatable bonds is 9. The fraction of sp³-hybridized carbons (Fsp3) is 0.207. The SMILES string of the molecule is C=C/C=C(\C=C)CN1CCC(NC(=O)c2cccc(Nc3ncc(-c4ccccc4)cn3)c2)CC1.[HH].[HH]. The largest absolute Gasteiger partial charge is 0.349 e. The molecular formula is C29H35N5O. The maximum absolute atomic E-state index is 12.9. The third-order valence-corrected chi connectivity index (χ3v) is 6.06. The van der Waals surface area contributed by atoms with E-state index in [9.17, 15) is 4.79 Å². The van der Waals surface area contributed by atoms with Crippen LogP contribution in [0, 0.1) is 0 Å². The zero-order valence-electron chi connectivity index (χ0n) is 19.9. The number of hydrogen-bond donors (Lipinski definition) is 2. The summed E-state index contributed by atoms with van der Waals surface area (Å²) >= 11 is 0. The molecule has 6 nitrogen and oxygen atoms in total. The molecule has 1 aromatic heterocycles. The molecule has 0 bridgehead atoms. The van der Waals surface area contributed by atoms with Crippen molar-refractivity contribution in [3.05, 3.63) is 110 Å². The number of aromatic nitrogens is 2. The number of allylic oxidation sites excluding steroid dienone is 2. The normalized spacial score (nSPS) is 14.8. The number of carbonyl (C=O) groups is 1. The lowest BCUT2D eigenvalue weighted by atomic mass is 10.0. The molecule has 1 amide bonds. The smallest absolute Gasteiger partial charge is 0.251 e. The lowest BCUT2D eigenvalue weighted by molar-refractivity contribution is 0.0913. The number of anilines is 2. The van der Waals surface area contributed by atoms with Crippen LogP contribution >= 0.6 is 0 Å². The van der Waals surface area contributed by atoms with Gasteiger partial charge in [-0.1, -0.05) is 67.8 Å². The first-order valence-corrected chi connectivity index (χ1v) is 11.9. The maximum atomic E-state index is 12.9. The molecule has 6 heteroatoms. The highest BCUT2D eigenvalue weighted by Gasteiger charge is 2.21. The number of nitrogens with zero attached hydrogens (tertiary/aromatic N) is 3. The second-order valence-electron chi connectivity index (χ2n) is 8.57. The molecular weight excluding hydrogens is 434 g/mol. The van der Waals surface area contributed by atoms with Crippen LogP contribution in [0.25, 0.3) is 11.1 Å². The molecule has 0 unspecified atom stereocenters. The Morgan fingerprint density at radius 1 is 1.03 bits per heavy atom. The van der Waals surface area contributed by atoms with Crippen molar-refractivity contribution < 1.29 is 7.65 Å². The molecule has 2 aromatic carbocycles. The van der Waals surface area contributed by atoms with Gasteiger partial charge in [-0.3, -0.25) is 9.69 Å². The summed E-state index contributed by atoms with van der Waals surface area (Å²) in [6.07, 6.45) is 11.1. The van der Waals surface area contributed by atoms with Gasteiger partial charge in [0.25, 0.3) is 5.91 Å². The van der Waals surface area contributed by atoms with Gasteiger partial charge in [-0.2, -0.15) is 0 Å². The Morgan fingerprint density at radius 2 is 1.77 bits per heavy atom. The topological polar surface area (TPSA) is 70.2 Å². The first-order valence-electron chi connectivity index (χ1n) is 11.9. The van der Waals surface area contributed by atoms with Crippen molar-refractivity contribution in [1.82, 2.24) is 20.2 Å². The molecule has 1 saturated heterocycles. The summed E-state index contributed by atoms with van der Waals surface area (Å²) < 4.78 is 0. The predicted octanol–water partition coefficient (Wildman–Crippen LogP) is 5.87. The number of amides is 1. The number of likely N-dealkylation sites (tertiary alicyclic amines) is 1. The fourth-order valence-corrected chi connectivity index (χ4v) is 4.14. The average molecular weight is 470 g/mol. The molecule has 3 aromatic rings. The van der Waals surface area contributed by atoms with Crippen LogP contribution < -0.4 is 10.6 Å². The molecule has 182 valence electrons. The summed E-state index contributed by atoms with van der Waals surface area (Å²) in [6, 6.07) is 17.6. The lowest BCUT2D eigenvalue weighted by Crippen LogP contribution is -2.45. The van der Waals surface area contributed by atoms with Gasteiger partial charge < -0.3 is 10.6 Å². The minimum Gasteiger partial charge on any atom is -0.349 e. The zero-order chi connectivity index (χ0) is 24.5. The highest BCUT2D eigenvalue weighted by atomic mass is 16.1. The van der Waals surface area contributed by atoms with Gasteiger partial charge in [-0.25, -0.2) is 9.97 Å². The highest BCUT2D eigenvalue weighted by molar-refractivity contribution is 5.95. The number of piperidine rings is 1. The van der Waals surface area contributed by atoms with Crippen LogP contribution in [0.1, 0.15) is 26.1 Å². The third kappa shape index (κ3) is 6.74. The van der Waals surface area contributed by atoms with Gasteiger partial charge in [0.05, 0.1) is 0 Å². The predicted molar refractivity (Wildman–Crippen MR) is 147 cm³/mol. The van der Waals surface area contributed by atoms with E-state index in [1.165, 1.54) is 0 Å². The van der Waals surface area contributed by atoms with E-state index in [2.05, 4.69) is 38.7 Å². The van der Waals surface area contributed by atoms with Crippen molar-refractivity contribution in [2.24, 2.45) is 0 Å². The molecule has 0 saturated carbocycles. The fourth-order valence-electron chi connectivity index (χ4n) is 4.14. The summed E-state index contributed by atoms with van der Waals surface area (Å²) in [5, 5.41) is 6.38. The Kier molecular flexibility index (Phi) is 8.20. The van der Waals surface area contributed by atoms with E-state index in [4.69, 9.17) is 0 Å². The number of carbonyl (C=O) groups excluding carboxylic acids is 1. The maximum Gasteiger partial charge on any atom is 0.251 e. The standard InChI is InChI=1S/C29H31N5O.2H2/c1-3-9-22(4-2)21-34-16-14-26(15-17-34)32-28(35)24-12-8-13-27(18-24)33-29-30-19-25(20-31-29)23-10-6-5-7-11-23;;/h3-13,18-20,26H,1-2,14-17,21H2,(H,32,35)(H,30,31,33);2*1H/b22-9+;;. The summed E-state index contributed by atoms with van der Waals surface area (Å²) in [5.74, 6) is 0.421. The summed E-state index contributed by atoms with van der Waals surface area (Å²) in [6.45, 7) is 10.4. The van der Waals surface area contributed by atoms with E-state index in [-0.39, 0.29) is 14.8 Å². The van der Waals surface area contributed by atoms with E-state index < -0.39 is 0 Å². The van der Waals surface area contributed by atoms with Crippen LogP contribution in [0.4, 0.5) is 11.6 Å². The Bertz CT molecular complexity index is 1190. The molecule has 0 aliphatic carbocycles. The van der Waals surface area contributed by atoms with Crippen LogP contribution in [0.2, 0.25) is 0 Å². The van der Waals surface area contributed by atoms with Gasteiger partial charge in [-0.15, -0.1) is 0 Å². The zero-order valence-corrected chi connectivity index (χ0v) is 19.9. The van der Waals surface area contributed by atoms with E-state index >= 15 is 0 Å². The minimum absolute atomic E-state index is 0. The van der Waals surface area contributed by atoms with E-state index in [0.29, 0.717) is 11.5 Å². The van der Waals surface area contributed by atoms with Crippen molar-refractivity contribution in [3.63, 3.8) is 0 Å². The van der Waals surface area contributed by atoms with Crippen molar-refractivity contribution >= 4 is 17.5 Å². The second kappa shape index (κ2) is 11.9. The number of nitrogens with one attached hydrogen (secondary N) is 2. The first-order chi connectivity index (χ1) is 17.1. The van der Waals surface area contributed by atoms with Crippen LogP contribution in [0.15, 0.2) is 104 Å². The second-order valence-corrected chi connectivity index (χ2v) is 8.57. The molecule has 1 aliphatic rings. The van der Waals surface area contributed by atoms with Crippen molar-refractivity contribution in [2.45, 2.75) is 18.9 Å². The van der Waals surface area contributed by atoms with Gasteiger partial charge in [0, 0.05) is 57.7 Å². The molecule has 2 heterocycles. The molecule has 0 radical (unpaired) electrons. The Labute approximate surface area is 210 Å². The van der Waals surface area contributed by atoms with Crippen LogP contribution in [-0.2, 0) is 0 Å². The Morgan fingerprint density at radius 3 is 2.46 bits per heavy atom. The molecule has 4 rings (SSSR count). The van der Waals surface area contributed by atoms with Gasteiger partial charge in [0.15, 0.2) is 0 Å². The van der Waals surface area contributed by atoms with Crippen LogP contribution in [0.5, 0.6) is 0 Å². The number of benzene rings is 2. The van der Waals surface area contributed by atoms with Crippen molar-refractivity contribution in [3.8, 4) is 11.1 Å². The molecule has 0 spiro atoms. The van der Waals surface area contributed by atoms with E-state index in [1.54, 1.807) is 18.5 Å². The Balaban J connectivity index is 0.00000241.